The van der Waals surface area contributed by atoms with Gasteiger partial charge in [0.15, 0.2) is 0 Å². The first-order valence-corrected chi connectivity index (χ1v) is 11.1. The Bertz CT molecular complexity index is 812. The van der Waals surface area contributed by atoms with Gasteiger partial charge in [0.25, 0.3) is 0 Å². The van der Waals surface area contributed by atoms with Gasteiger partial charge >= 0.3 is 5.97 Å². The Labute approximate surface area is 179 Å². The minimum Gasteiger partial charge on any atom is -0.494 e. The molecule has 164 valence electrons. The third kappa shape index (κ3) is 7.29. The topological polar surface area (TPSA) is 57.3 Å². The number of hydrogen-bond donors (Lipinski definition) is 0. The zero-order chi connectivity index (χ0) is 21.2. The molecule has 2 aromatic carbocycles. The molecule has 5 nitrogen and oxygen atoms in total. The molecular formula is C25H34O5. The number of carbonyl (C=O) groups excluding carboxylic acids is 1. The van der Waals surface area contributed by atoms with Crippen LogP contribution in [0.1, 0.15) is 62.2 Å². The first-order chi connectivity index (χ1) is 14.6. The lowest BCUT2D eigenvalue weighted by atomic mass is 10.1. The van der Waals surface area contributed by atoms with Gasteiger partial charge in [-0.3, -0.25) is 0 Å². The second kappa shape index (κ2) is 11.3. The van der Waals surface area contributed by atoms with E-state index in [1.807, 2.05) is 30.3 Å². The summed E-state index contributed by atoms with van der Waals surface area (Å²) in [7, 11) is 1.39. The third-order valence-corrected chi connectivity index (χ3v) is 5.60. The predicted molar refractivity (Wildman–Crippen MR) is 118 cm³/mol. The Kier molecular flexibility index (Phi) is 8.52. The van der Waals surface area contributed by atoms with Gasteiger partial charge in [-0.2, -0.15) is 0 Å². The van der Waals surface area contributed by atoms with Crippen molar-refractivity contribution in [3.8, 4) is 5.75 Å². The Morgan fingerprint density at radius 2 is 1.60 bits per heavy atom. The van der Waals surface area contributed by atoms with E-state index in [2.05, 4.69) is 6.92 Å². The van der Waals surface area contributed by atoms with E-state index in [4.69, 9.17) is 18.9 Å². The number of unbranched alkanes of at least 4 members (excludes halogenated alkanes) is 5. The quantitative estimate of drug-likeness (QED) is 0.231. The highest BCUT2D eigenvalue weighted by Gasteiger charge is 2.38. The van der Waals surface area contributed by atoms with Gasteiger partial charge in [-0.25, -0.2) is 4.79 Å². The number of carbonyl (C=O) groups is 1. The Morgan fingerprint density at radius 3 is 2.33 bits per heavy atom. The van der Waals surface area contributed by atoms with Gasteiger partial charge in [-0.05, 0) is 54.8 Å². The maximum absolute atomic E-state index is 11.6. The number of fused-ring (bicyclic) bond motifs is 1. The molecule has 0 amide bonds. The summed E-state index contributed by atoms with van der Waals surface area (Å²) in [6, 6.07) is 11.5. The molecule has 0 radical (unpaired) electrons. The molecule has 2 aromatic rings. The van der Waals surface area contributed by atoms with Crippen LogP contribution in [-0.4, -0.2) is 45.1 Å². The Hall–Kier alpha value is -2.11. The van der Waals surface area contributed by atoms with Gasteiger partial charge in [0.2, 0.25) is 0 Å². The Balaban J connectivity index is 1.22. The summed E-state index contributed by atoms with van der Waals surface area (Å²) >= 11 is 0. The average Bonchev–Trinajstić information content (AvgIpc) is 3.50. The zero-order valence-corrected chi connectivity index (χ0v) is 18.3. The molecular weight excluding hydrogens is 380 g/mol. The highest BCUT2D eigenvalue weighted by atomic mass is 16.6. The number of ether oxygens (including phenoxy) is 4. The highest BCUT2D eigenvalue weighted by Crippen LogP contribution is 2.29. The van der Waals surface area contributed by atoms with Gasteiger partial charge in [0.05, 0.1) is 31.5 Å². The molecule has 0 N–H and O–H groups in total. The summed E-state index contributed by atoms with van der Waals surface area (Å²) in [6.07, 6.45) is 8.13. The lowest BCUT2D eigenvalue weighted by molar-refractivity contribution is 0.0601. The van der Waals surface area contributed by atoms with Gasteiger partial charge in [-0.1, -0.05) is 37.8 Å². The van der Waals surface area contributed by atoms with Crippen LogP contribution in [0.4, 0.5) is 0 Å². The van der Waals surface area contributed by atoms with Crippen molar-refractivity contribution in [2.45, 2.75) is 57.5 Å². The van der Waals surface area contributed by atoms with E-state index >= 15 is 0 Å². The fourth-order valence-corrected chi connectivity index (χ4v) is 3.42. The van der Waals surface area contributed by atoms with Crippen molar-refractivity contribution < 1.29 is 23.7 Å². The molecule has 1 aliphatic heterocycles. The molecule has 1 aliphatic rings. The SMILES string of the molecule is COC(=O)c1ccc2cc(OCCCCCCCCOCCC3(C)CO3)ccc2c1. The fourth-order valence-electron chi connectivity index (χ4n) is 3.42. The third-order valence-electron chi connectivity index (χ3n) is 5.60. The van der Waals surface area contributed by atoms with E-state index in [1.165, 1.54) is 32.8 Å². The minimum atomic E-state index is -0.317. The molecule has 1 fully saturated rings. The van der Waals surface area contributed by atoms with Crippen LogP contribution < -0.4 is 4.74 Å². The van der Waals surface area contributed by atoms with E-state index in [-0.39, 0.29) is 11.6 Å². The number of benzene rings is 2. The maximum atomic E-state index is 11.6. The van der Waals surface area contributed by atoms with E-state index in [0.29, 0.717) is 5.56 Å². The summed E-state index contributed by atoms with van der Waals surface area (Å²) in [5, 5.41) is 2.06. The van der Waals surface area contributed by atoms with Crippen LogP contribution in [0.5, 0.6) is 5.75 Å². The summed E-state index contributed by atoms with van der Waals surface area (Å²) in [4.78, 5) is 11.6. The normalized spacial score (nSPS) is 17.8. The van der Waals surface area contributed by atoms with Crippen molar-refractivity contribution in [3.63, 3.8) is 0 Å². The maximum Gasteiger partial charge on any atom is 0.337 e. The van der Waals surface area contributed by atoms with Gasteiger partial charge in [0, 0.05) is 19.6 Å². The van der Waals surface area contributed by atoms with Crippen LogP contribution in [0.25, 0.3) is 10.8 Å². The summed E-state index contributed by atoms with van der Waals surface area (Å²) in [5.74, 6) is 0.554. The number of hydrogen-bond acceptors (Lipinski definition) is 5. The molecule has 0 aromatic heterocycles. The van der Waals surface area contributed by atoms with Crippen LogP contribution in [0.3, 0.4) is 0 Å². The predicted octanol–water partition coefficient (Wildman–Crippen LogP) is 5.54. The molecule has 30 heavy (non-hydrogen) atoms. The van der Waals surface area contributed by atoms with Gasteiger partial charge < -0.3 is 18.9 Å². The average molecular weight is 415 g/mol. The van der Waals surface area contributed by atoms with Crippen molar-refractivity contribution in [2.75, 3.05) is 33.5 Å². The molecule has 0 saturated carbocycles. The molecule has 3 rings (SSSR count). The van der Waals surface area contributed by atoms with Crippen molar-refractivity contribution in [1.29, 1.82) is 0 Å². The van der Waals surface area contributed by atoms with E-state index in [0.717, 1.165) is 62.2 Å². The number of methoxy groups -OCH3 is 1. The smallest absolute Gasteiger partial charge is 0.337 e. The molecule has 1 atom stereocenters. The van der Waals surface area contributed by atoms with Crippen LogP contribution in [-0.2, 0) is 14.2 Å². The first kappa shape index (κ1) is 22.6. The second-order valence-corrected chi connectivity index (χ2v) is 8.29. The van der Waals surface area contributed by atoms with E-state index in [9.17, 15) is 4.79 Å². The molecule has 1 unspecified atom stereocenters. The van der Waals surface area contributed by atoms with Crippen LogP contribution in [0, 0.1) is 0 Å². The second-order valence-electron chi connectivity index (χ2n) is 8.29. The van der Waals surface area contributed by atoms with Crippen molar-refractivity contribution >= 4 is 16.7 Å². The highest BCUT2D eigenvalue weighted by molar-refractivity contribution is 5.95. The number of epoxide rings is 1. The van der Waals surface area contributed by atoms with E-state index in [1.54, 1.807) is 6.07 Å². The molecule has 0 bridgehead atoms. The Morgan fingerprint density at radius 1 is 0.933 bits per heavy atom. The van der Waals surface area contributed by atoms with Gasteiger partial charge in [0.1, 0.15) is 5.75 Å². The number of rotatable bonds is 14. The monoisotopic (exact) mass is 414 g/mol. The molecule has 5 heteroatoms. The van der Waals surface area contributed by atoms with Crippen LogP contribution >= 0.6 is 0 Å². The van der Waals surface area contributed by atoms with Crippen LogP contribution in [0.15, 0.2) is 36.4 Å². The van der Waals surface area contributed by atoms with Crippen LogP contribution in [0.2, 0.25) is 0 Å². The first-order valence-electron chi connectivity index (χ1n) is 11.1. The standard InChI is InChI=1S/C25H34O5/c1-25(19-30-25)13-16-28-14-7-5-3-4-6-8-15-29-23-12-11-20-17-22(24(26)27-2)10-9-21(20)18-23/h9-12,17-18H,3-8,13-16,19H2,1-2H3. The molecule has 0 aliphatic carbocycles. The summed E-state index contributed by atoms with van der Waals surface area (Å²) in [6.45, 7) is 5.44. The summed E-state index contributed by atoms with van der Waals surface area (Å²) in [5.41, 5.74) is 0.676. The fraction of sp³-hybridized carbons (Fsp3) is 0.560. The lowest BCUT2D eigenvalue weighted by Crippen LogP contribution is -2.09. The minimum absolute atomic E-state index is 0.114. The molecule has 1 saturated heterocycles. The van der Waals surface area contributed by atoms with E-state index < -0.39 is 0 Å². The van der Waals surface area contributed by atoms with Crippen molar-refractivity contribution in [1.82, 2.24) is 0 Å². The van der Waals surface area contributed by atoms with Crippen molar-refractivity contribution in [2.24, 2.45) is 0 Å². The van der Waals surface area contributed by atoms with Gasteiger partial charge in [-0.15, -0.1) is 0 Å². The summed E-state index contributed by atoms with van der Waals surface area (Å²) < 4.78 is 21.7. The molecule has 0 spiro atoms. The number of esters is 1. The zero-order valence-electron chi connectivity index (χ0n) is 18.3. The van der Waals surface area contributed by atoms with Crippen molar-refractivity contribution in [3.05, 3.63) is 42.0 Å². The molecule has 1 heterocycles. The lowest BCUT2D eigenvalue weighted by Gasteiger charge is -2.08. The largest absolute Gasteiger partial charge is 0.494 e.